The molecule has 2 heterocycles. The topological polar surface area (TPSA) is 90.1 Å². The van der Waals surface area contributed by atoms with Crippen molar-refractivity contribution < 1.29 is 19.4 Å². The summed E-state index contributed by atoms with van der Waals surface area (Å²) in [7, 11) is 1.42. The van der Waals surface area contributed by atoms with Crippen LogP contribution in [0.1, 0.15) is 37.9 Å². The van der Waals surface area contributed by atoms with Crippen LogP contribution >= 0.6 is 34.7 Å². The molecule has 0 spiro atoms. The molecule has 0 amide bonds. The van der Waals surface area contributed by atoms with E-state index in [0.717, 1.165) is 10.5 Å². The van der Waals surface area contributed by atoms with Gasteiger partial charge < -0.3 is 14.6 Å². The van der Waals surface area contributed by atoms with E-state index < -0.39 is 12.0 Å². The van der Waals surface area contributed by atoms with Gasteiger partial charge in [-0.3, -0.25) is 9.36 Å². The number of ether oxygens (including phenoxy) is 2. The van der Waals surface area contributed by atoms with E-state index in [0.29, 0.717) is 26.2 Å². The third-order valence-electron chi connectivity index (χ3n) is 5.58. The Morgan fingerprint density at radius 3 is 2.58 bits per heavy atom. The Kier molecular flexibility index (Phi) is 7.63. The molecule has 36 heavy (non-hydrogen) atoms. The molecule has 0 unspecified atom stereocenters. The van der Waals surface area contributed by atoms with Crippen molar-refractivity contribution in [2.45, 2.75) is 37.8 Å². The molecule has 0 radical (unpaired) electrons. The van der Waals surface area contributed by atoms with Gasteiger partial charge in [0.2, 0.25) is 0 Å². The van der Waals surface area contributed by atoms with Crippen molar-refractivity contribution in [2.75, 3.05) is 13.4 Å². The first-order valence-electron chi connectivity index (χ1n) is 11.1. The molecule has 7 nitrogen and oxygen atoms in total. The minimum absolute atomic E-state index is 0.106. The third kappa shape index (κ3) is 4.96. The largest absolute Gasteiger partial charge is 0.503 e. The number of fused-ring (bicyclic) bond motifs is 1. The summed E-state index contributed by atoms with van der Waals surface area (Å²) in [5.74, 6) is -0.479. The second-order valence-electron chi connectivity index (χ2n) is 8.36. The van der Waals surface area contributed by atoms with Gasteiger partial charge in [-0.15, -0.1) is 11.8 Å². The second-order valence-corrected chi connectivity index (χ2v) is 10.7. The number of esters is 1. The third-order valence-corrected chi connectivity index (χ3v) is 7.60. The lowest BCUT2D eigenvalue weighted by molar-refractivity contribution is -0.143. The van der Waals surface area contributed by atoms with E-state index in [1.165, 1.54) is 23.0 Å². The summed E-state index contributed by atoms with van der Waals surface area (Å²) >= 11 is 8.96. The lowest BCUT2D eigenvalue weighted by atomic mass is 9.96. The first-order valence-corrected chi connectivity index (χ1v) is 13.5. The molecule has 1 aliphatic heterocycles. The van der Waals surface area contributed by atoms with Crippen molar-refractivity contribution in [3.8, 4) is 11.5 Å². The number of thioether (sulfide) groups is 1. The highest BCUT2D eigenvalue weighted by Gasteiger charge is 2.33. The van der Waals surface area contributed by atoms with Crippen LogP contribution in [0.3, 0.4) is 0 Å². The maximum atomic E-state index is 13.7. The fourth-order valence-electron chi connectivity index (χ4n) is 3.95. The maximum Gasteiger partial charge on any atom is 0.338 e. The average Bonchev–Trinajstić information content (AvgIpc) is 3.14. The molecule has 0 fully saturated rings. The summed E-state index contributed by atoms with van der Waals surface area (Å²) in [5, 5.41) is 10.2. The second kappa shape index (κ2) is 10.5. The molecule has 188 valence electrons. The molecule has 1 N–H and O–H groups in total. The zero-order chi connectivity index (χ0) is 26.1. The van der Waals surface area contributed by atoms with Crippen molar-refractivity contribution in [2.24, 2.45) is 4.99 Å². The summed E-state index contributed by atoms with van der Waals surface area (Å²) in [6.07, 6.45) is 3.32. The summed E-state index contributed by atoms with van der Waals surface area (Å²) in [5.41, 5.74) is 1.88. The molecule has 4 rings (SSSR count). The fraction of sp³-hybridized carbons (Fsp3) is 0.269. The standard InChI is InChI=1S/C26H25ClN2O5S2/c1-13(2)34-25(32)21-14(3)28-26-29(22(21)16-6-8-17(35-5)9-7-16)24(31)20(36-26)12-15-10-18(27)23(30)19(11-15)33-4/h6-13,22,30H,1-5H3/b20-12-/t22-/m0/s1. The molecular formula is C26H25ClN2O5S2. The number of allylic oxidation sites excluding steroid dienone is 1. The van der Waals surface area contributed by atoms with Crippen molar-refractivity contribution in [3.63, 3.8) is 0 Å². The highest BCUT2D eigenvalue weighted by molar-refractivity contribution is 7.98. The number of aromatic nitrogens is 1. The maximum absolute atomic E-state index is 13.7. The number of hydrogen-bond acceptors (Lipinski definition) is 8. The molecule has 0 aliphatic carbocycles. The molecule has 0 saturated carbocycles. The van der Waals surface area contributed by atoms with Crippen molar-refractivity contribution in [1.82, 2.24) is 4.57 Å². The van der Waals surface area contributed by atoms with Crippen LogP contribution in [0.15, 0.2) is 62.4 Å². The number of methoxy groups -OCH3 is 1. The smallest absolute Gasteiger partial charge is 0.338 e. The number of carbonyl (C=O) groups excluding carboxylic acids is 1. The number of aromatic hydroxyl groups is 1. The Balaban J connectivity index is 1.94. The zero-order valence-electron chi connectivity index (χ0n) is 20.4. The summed E-state index contributed by atoms with van der Waals surface area (Å²) in [6.45, 7) is 5.31. The van der Waals surface area contributed by atoms with Crippen molar-refractivity contribution in [3.05, 3.63) is 83.5 Å². The van der Waals surface area contributed by atoms with E-state index in [2.05, 4.69) is 4.99 Å². The fourth-order valence-corrected chi connectivity index (χ4v) is 5.62. The van der Waals surface area contributed by atoms with Crippen LogP contribution in [0.2, 0.25) is 5.02 Å². The first kappa shape index (κ1) is 26.1. The van der Waals surface area contributed by atoms with Crippen LogP contribution in [0.4, 0.5) is 0 Å². The Morgan fingerprint density at radius 1 is 1.28 bits per heavy atom. The van der Waals surface area contributed by atoms with Crippen molar-refractivity contribution >= 4 is 46.7 Å². The van der Waals surface area contributed by atoms with Crippen LogP contribution < -0.4 is 19.6 Å². The van der Waals surface area contributed by atoms with Gasteiger partial charge in [-0.2, -0.15) is 0 Å². The van der Waals surface area contributed by atoms with Gasteiger partial charge in [0.25, 0.3) is 5.56 Å². The summed E-state index contributed by atoms with van der Waals surface area (Å²) in [4.78, 5) is 33.0. The van der Waals surface area contributed by atoms with E-state index >= 15 is 0 Å². The van der Waals surface area contributed by atoms with E-state index in [-0.39, 0.29) is 28.2 Å². The molecule has 0 saturated heterocycles. The highest BCUT2D eigenvalue weighted by Crippen LogP contribution is 2.35. The van der Waals surface area contributed by atoms with Gasteiger partial charge in [-0.25, -0.2) is 9.79 Å². The molecule has 1 aromatic heterocycles. The Labute approximate surface area is 221 Å². The van der Waals surface area contributed by atoms with Gasteiger partial charge in [0.05, 0.1) is 40.1 Å². The average molecular weight is 545 g/mol. The number of halogens is 1. The van der Waals surface area contributed by atoms with Crippen molar-refractivity contribution in [1.29, 1.82) is 0 Å². The monoisotopic (exact) mass is 544 g/mol. The normalized spacial score (nSPS) is 15.6. The summed E-state index contributed by atoms with van der Waals surface area (Å²) in [6, 6.07) is 10.2. The molecular weight excluding hydrogens is 520 g/mol. The molecule has 10 heteroatoms. The van der Waals surface area contributed by atoms with Gasteiger partial charge >= 0.3 is 5.97 Å². The number of phenolic OH excluding ortho intramolecular Hbond substituents is 1. The summed E-state index contributed by atoms with van der Waals surface area (Å²) < 4.78 is 12.6. The van der Waals surface area contributed by atoms with E-state index in [1.54, 1.807) is 50.7 Å². The van der Waals surface area contributed by atoms with Gasteiger partial charge in [0.15, 0.2) is 16.3 Å². The van der Waals surface area contributed by atoms with E-state index in [4.69, 9.17) is 21.1 Å². The predicted octanol–water partition coefficient (Wildman–Crippen LogP) is 4.28. The van der Waals surface area contributed by atoms with Gasteiger partial charge in [0, 0.05) is 4.90 Å². The van der Waals surface area contributed by atoms with Crippen LogP contribution in [-0.2, 0) is 9.53 Å². The molecule has 1 atom stereocenters. The lowest BCUT2D eigenvalue weighted by Crippen LogP contribution is -2.40. The SMILES string of the molecule is COc1cc(/C=c2\sc3n(c2=O)[C@@H](c2ccc(SC)cc2)C(C(=O)OC(C)C)=C(C)N=3)cc(Cl)c1O. The first-order chi connectivity index (χ1) is 17.1. The number of thiazole rings is 1. The number of rotatable bonds is 6. The zero-order valence-corrected chi connectivity index (χ0v) is 22.8. The van der Waals surface area contributed by atoms with E-state index in [9.17, 15) is 14.7 Å². The number of phenols is 1. The molecule has 1 aliphatic rings. The molecule has 0 bridgehead atoms. The molecule has 2 aromatic carbocycles. The number of hydrogen-bond donors (Lipinski definition) is 1. The predicted molar refractivity (Wildman–Crippen MR) is 143 cm³/mol. The minimum atomic E-state index is -0.691. The minimum Gasteiger partial charge on any atom is -0.503 e. The van der Waals surface area contributed by atoms with Crippen LogP contribution in [0.5, 0.6) is 11.5 Å². The number of benzene rings is 2. The van der Waals surface area contributed by atoms with Crippen LogP contribution in [-0.4, -0.2) is 35.1 Å². The van der Waals surface area contributed by atoms with Gasteiger partial charge in [-0.05, 0) is 68.5 Å². The Bertz CT molecular complexity index is 1540. The van der Waals surface area contributed by atoms with Gasteiger partial charge in [0.1, 0.15) is 0 Å². The van der Waals surface area contributed by atoms with Crippen LogP contribution in [0.25, 0.3) is 6.08 Å². The lowest BCUT2D eigenvalue weighted by Gasteiger charge is -2.25. The Morgan fingerprint density at radius 2 is 1.97 bits per heavy atom. The van der Waals surface area contributed by atoms with Gasteiger partial charge in [-0.1, -0.05) is 35.1 Å². The van der Waals surface area contributed by atoms with E-state index in [1.807, 2.05) is 30.5 Å². The van der Waals surface area contributed by atoms with Crippen LogP contribution in [0, 0.1) is 0 Å². The quantitative estimate of drug-likeness (QED) is 0.368. The number of nitrogens with zero attached hydrogens (tertiary/aromatic N) is 2. The Hall–Kier alpha value is -3.01. The molecule has 3 aromatic rings. The number of carbonyl (C=O) groups is 1. The highest BCUT2D eigenvalue weighted by atomic mass is 35.5.